The van der Waals surface area contributed by atoms with Gasteiger partial charge >= 0.3 is 0 Å². The quantitative estimate of drug-likeness (QED) is 0.823. The second-order valence-corrected chi connectivity index (χ2v) is 5.32. The highest BCUT2D eigenvalue weighted by atomic mass is 19.1. The van der Waals surface area contributed by atoms with E-state index in [4.69, 9.17) is 10.5 Å². The number of aromatic nitrogens is 1. The number of benzene rings is 1. The molecule has 0 aliphatic heterocycles. The van der Waals surface area contributed by atoms with Gasteiger partial charge in [0.1, 0.15) is 11.6 Å². The molecule has 23 heavy (non-hydrogen) atoms. The van der Waals surface area contributed by atoms with Crippen molar-refractivity contribution in [3.8, 4) is 11.6 Å². The average Bonchev–Trinajstić information content (AvgIpc) is 2.52. The van der Waals surface area contributed by atoms with Crippen molar-refractivity contribution in [3.05, 3.63) is 54.0 Å². The Morgan fingerprint density at radius 3 is 2.96 bits per heavy atom. The Hall–Kier alpha value is -2.47. The van der Waals surface area contributed by atoms with Gasteiger partial charge in [0.25, 0.3) is 0 Å². The van der Waals surface area contributed by atoms with Gasteiger partial charge in [0, 0.05) is 36.8 Å². The van der Waals surface area contributed by atoms with E-state index >= 15 is 0 Å². The minimum atomic E-state index is -0.385. The van der Waals surface area contributed by atoms with Crippen molar-refractivity contribution in [3.63, 3.8) is 0 Å². The molecule has 0 bridgehead atoms. The van der Waals surface area contributed by atoms with Crippen LogP contribution in [-0.2, 0) is 11.3 Å². The van der Waals surface area contributed by atoms with Crippen molar-refractivity contribution in [1.29, 1.82) is 0 Å². The molecule has 122 valence electrons. The number of hydrogen-bond acceptors (Lipinski definition) is 4. The second kappa shape index (κ2) is 8.24. The van der Waals surface area contributed by atoms with E-state index in [0.717, 1.165) is 0 Å². The number of ether oxygens (including phenoxy) is 1. The van der Waals surface area contributed by atoms with Crippen LogP contribution in [0.25, 0.3) is 0 Å². The van der Waals surface area contributed by atoms with Gasteiger partial charge in [-0.1, -0.05) is 12.1 Å². The van der Waals surface area contributed by atoms with E-state index in [-0.39, 0.29) is 24.3 Å². The van der Waals surface area contributed by atoms with Gasteiger partial charge in [-0.25, -0.2) is 9.37 Å². The largest absolute Gasteiger partial charge is 0.439 e. The maximum atomic E-state index is 13.2. The van der Waals surface area contributed by atoms with Crippen LogP contribution in [0, 0.1) is 5.82 Å². The van der Waals surface area contributed by atoms with Crippen molar-refractivity contribution >= 4 is 5.91 Å². The number of hydrogen-bond donors (Lipinski definition) is 2. The van der Waals surface area contributed by atoms with Crippen LogP contribution < -0.4 is 15.8 Å². The first-order valence-electron chi connectivity index (χ1n) is 7.44. The van der Waals surface area contributed by atoms with Crippen molar-refractivity contribution in [1.82, 2.24) is 10.3 Å². The van der Waals surface area contributed by atoms with Gasteiger partial charge in [-0.15, -0.1) is 0 Å². The van der Waals surface area contributed by atoms with Gasteiger partial charge in [-0.05, 0) is 31.5 Å². The molecular weight excluding hydrogens is 297 g/mol. The van der Waals surface area contributed by atoms with Gasteiger partial charge in [0.05, 0.1) is 0 Å². The molecule has 1 unspecified atom stereocenters. The Morgan fingerprint density at radius 2 is 2.22 bits per heavy atom. The molecule has 0 saturated heterocycles. The number of rotatable bonds is 7. The van der Waals surface area contributed by atoms with E-state index in [1.165, 1.54) is 12.1 Å². The lowest BCUT2D eigenvalue weighted by atomic mass is 10.2. The van der Waals surface area contributed by atoms with Crippen LogP contribution in [0.3, 0.4) is 0 Å². The van der Waals surface area contributed by atoms with E-state index in [9.17, 15) is 9.18 Å². The van der Waals surface area contributed by atoms with Gasteiger partial charge in [0.2, 0.25) is 11.8 Å². The van der Waals surface area contributed by atoms with Gasteiger partial charge < -0.3 is 15.8 Å². The number of carbonyl (C=O) groups is 1. The monoisotopic (exact) mass is 317 g/mol. The molecule has 1 atom stereocenters. The first-order valence-corrected chi connectivity index (χ1v) is 7.44. The molecule has 0 fully saturated rings. The molecule has 2 rings (SSSR count). The van der Waals surface area contributed by atoms with Crippen molar-refractivity contribution in [2.45, 2.75) is 32.4 Å². The zero-order valence-electron chi connectivity index (χ0n) is 13.0. The number of pyridine rings is 1. The molecule has 5 nitrogen and oxygen atoms in total. The number of halogens is 1. The number of carbonyl (C=O) groups excluding carboxylic acids is 1. The highest BCUT2D eigenvalue weighted by molar-refractivity contribution is 5.75. The second-order valence-electron chi connectivity index (χ2n) is 5.32. The summed E-state index contributed by atoms with van der Waals surface area (Å²) >= 11 is 0. The van der Waals surface area contributed by atoms with Crippen LogP contribution in [0.4, 0.5) is 4.39 Å². The molecule has 2 aromatic rings. The zero-order valence-corrected chi connectivity index (χ0v) is 13.0. The molecule has 3 N–H and O–H groups in total. The fourth-order valence-corrected chi connectivity index (χ4v) is 1.93. The topological polar surface area (TPSA) is 77.2 Å². The van der Waals surface area contributed by atoms with Crippen LogP contribution in [0.1, 0.15) is 25.3 Å². The molecule has 1 aromatic carbocycles. The molecule has 1 amide bonds. The minimum absolute atomic E-state index is 0.00832. The summed E-state index contributed by atoms with van der Waals surface area (Å²) in [5.41, 5.74) is 6.34. The number of nitrogens with two attached hydrogens (primary N) is 1. The molecular formula is C17H20FN3O2. The average molecular weight is 317 g/mol. The Labute approximate surface area is 134 Å². The smallest absolute Gasteiger partial charge is 0.224 e. The van der Waals surface area contributed by atoms with Crippen LogP contribution >= 0.6 is 0 Å². The summed E-state index contributed by atoms with van der Waals surface area (Å²) in [6.45, 7) is 2.15. The molecule has 1 aromatic heterocycles. The first kappa shape index (κ1) is 16.9. The van der Waals surface area contributed by atoms with Crippen molar-refractivity contribution < 1.29 is 13.9 Å². The third kappa shape index (κ3) is 5.67. The lowest BCUT2D eigenvalue weighted by Crippen LogP contribution is -2.25. The van der Waals surface area contributed by atoms with Crippen molar-refractivity contribution in [2.24, 2.45) is 5.73 Å². The van der Waals surface area contributed by atoms with Crippen molar-refractivity contribution in [2.75, 3.05) is 0 Å². The van der Waals surface area contributed by atoms with Gasteiger partial charge in [-0.2, -0.15) is 0 Å². The van der Waals surface area contributed by atoms with Crippen LogP contribution in [0.2, 0.25) is 0 Å². The Balaban J connectivity index is 1.99. The Morgan fingerprint density at radius 1 is 1.39 bits per heavy atom. The summed E-state index contributed by atoms with van der Waals surface area (Å²) in [5, 5.41) is 2.80. The molecule has 0 aliphatic rings. The SMILES string of the molecule is CC(N)CCC(=O)NCc1cccnc1Oc1cccc(F)c1. The Bertz CT molecular complexity index is 662. The summed E-state index contributed by atoms with van der Waals surface area (Å²) in [4.78, 5) is 15.9. The number of nitrogens with one attached hydrogen (secondary N) is 1. The van der Waals surface area contributed by atoms with Crippen LogP contribution in [0.5, 0.6) is 11.6 Å². The summed E-state index contributed by atoms with van der Waals surface area (Å²) in [6, 6.07) is 9.36. The van der Waals surface area contributed by atoms with E-state index in [0.29, 0.717) is 30.0 Å². The molecule has 0 aliphatic carbocycles. The van der Waals surface area contributed by atoms with E-state index in [1.54, 1.807) is 30.5 Å². The van der Waals surface area contributed by atoms with E-state index in [1.807, 2.05) is 6.92 Å². The summed E-state index contributed by atoms with van der Waals surface area (Å²) < 4.78 is 18.8. The molecule has 6 heteroatoms. The van der Waals surface area contributed by atoms with E-state index < -0.39 is 0 Å². The summed E-state index contributed by atoms with van der Waals surface area (Å²) in [5.74, 6) is 0.228. The number of nitrogens with zero attached hydrogens (tertiary/aromatic N) is 1. The van der Waals surface area contributed by atoms with Gasteiger partial charge in [0.15, 0.2) is 0 Å². The van der Waals surface area contributed by atoms with Gasteiger partial charge in [-0.3, -0.25) is 4.79 Å². The highest BCUT2D eigenvalue weighted by Gasteiger charge is 2.09. The number of amides is 1. The Kier molecular flexibility index (Phi) is 6.05. The highest BCUT2D eigenvalue weighted by Crippen LogP contribution is 2.23. The van der Waals surface area contributed by atoms with Crippen LogP contribution in [-0.4, -0.2) is 16.9 Å². The first-order chi connectivity index (χ1) is 11.0. The lowest BCUT2D eigenvalue weighted by molar-refractivity contribution is -0.121. The maximum absolute atomic E-state index is 13.2. The maximum Gasteiger partial charge on any atom is 0.224 e. The molecule has 0 saturated carbocycles. The zero-order chi connectivity index (χ0) is 16.7. The fourth-order valence-electron chi connectivity index (χ4n) is 1.93. The normalized spacial score (nSPS) is 11.8. The molecule has 1 heterocycles. The third-order valence-corrected chi connectivity index (χ3v) is 3.16. The molecule has 0 spiro atoms. The minimum Gasteiger partial charge on any atom is -0.439 e. The predicted octanol–water partition coefficient (Wildman–Crippen LogP) is 2.76. The van der Waals surface area contributed by atoms with Crippen LogP contribution in [0.15, 0.2) is 42.6 Å². The summed E-state index contributed by atoms with van der Waals surface area (Å²) in [7, 11) is 0. The van der Waals surface area contributed by atoms with E-state index in [2.05, 4.69) is 10.3 Å². The standard InChI is InChI=1S/C17H20FN3O2/c1-12(19)7-8-16(22)21-11-13-4-3-9-20-17(13)23-15-6-2-5-14(18)10-15/h2-6,9-10,12H,7-8,11,19H2,1H3,(H,21,22). The third-order valence-electron chi connectivity index (χ3n) is 3.16. The summed E-state index contributed by atoms with van der Waals surface area (Å²) in [6.07, 6.45) is 2.58. The predicted molar refractivity (Wildman–Crippen MR) is 85.4 cm³/mol. The lowest BCUT2D eigenvalue weighted by Gasteiger charge is -2.11. The fraction of sp³-hybridized carbons (Fsp3) is 0.294. The molecule has 0 radical (unpaired) electrons.